The minimum absolute atomic E-state index is 0. The summed E-state index contributed by atoms with van der Waals surface area (Å²) in [6.07, 6.45) is 6.98. The molecule has 16 heavy (non-hydrogen) atoms. The van der Waals surface area contributed by atoms with E-state index >= 15 is 0 Å². The van der Waals surface area contributed by atoms with Gasteiger partial charge in [0.2, 0.25) is 0 Å². The van der Waals surface area contributed by atoms with E-state index < -0.39 is 10.1 Å². The largest absolute Gasteiger partial charge is 1.00 e. The van der Waals surface area contributed by atoms with Crippen molar-refractivity contribution in [2.24, 2.45) is 0 Å². The molecule has 0 bridgehead atoms. The van der Waals surface area contributed by atoms with Crippen molar-refractivity contribution in [1.29, 1.82) is 0 Å². The summed E-state index contributed by atoms with van der Waals surface area (Å²) in [7, 11) is -4.02. The SMILES string of the molecule is O=S(=O)([O-])CCCCCCCCCCF.[Na+]. The summed E-state index contributed by atoms with van der Waals surface area (Å²) in [5, 5.41) is 0. The fraction of sp³-hybridized carbons (Fsp3) is 1.00. The molecule has 0 aliphatic rings. The molecule has 0 saturated carbocycles. The topological polar surface area (TPSA) is 57.2 Å². The van der Waals surface area contributed by atoms with Crippen LogP contribution in [0, 0.1) is 0 Å². The fourth-order valence-corrected chi connectivity index (χ4v) is 1.99. The Bertz CT molecular complexity index is 232. The molecule has 92 valence electrons. The molecular formula is C10H20FNaO3S. The van der Waals surface area contributed by atoms with Crippen LogP contribution in [0.25, 0.3) is 0 Å². The van der Waals surface area contributed by atoms with Gasteiger partial charge in [-0.25, -0.2) is 8.42 Å². The van der Waals surface area contributed by atoms with E-state index in [0.29, 0.717) is 12.8 Å². The minimum Gasteiger partial charge on any atom is -0.748 e. The van der Waals surface area contributed by atoms with E-state index in [2.05, 4.69) is 0 Å². The summed E-state index contributed by atoms with van der Waals surface area (Å²) in [6.45, 7) is -0.235. The van der Waals surface area contributed by atoms with E-state index in [1.165, 1.54) is 0 Å². The smallest absolute Gasteiger partial charge is 0.748 e. The first-order chi connectivity index (χ1) is 7.06. The molecule has 0 unspecified atom stereocenters. The second kappa shape index (κ2) is 12.3. The van der Waals surface area contributed by atoms with Crippen molar-refractivity contribution in [2.75, 3.05) is 12.4 Å². The monoisotopic (exact) mass is 262 g/mol. The second-order valence-corrected chi connectivity index (χ2v) is 5.30. The van der Waals surface area contributed by atoms with Crippen LogP contribution in [0.3, 0.4) is 0 Å². The zero-order valence-electron chi connectivity index (χ0n) is 10.1. The van der Waals surface area contributed by atoms with Gasteiger partial charge in [0.25, 0.3) is 0 Å². The van der Waals surface area contributed by atoms with E-state index in [0.717, 1.165) is 38.5 Å². The van der Waals surface area contributed by atoms with Crippen molar-refractivity contribution in [1.82, 2.24) is 0 Å². The molecular weight excluding hydrogens is 242 g/mol. The van der Waals surface area contributed by atoms with Crippen LogP contribution in [0.1, 0.15) is 51.4 Å². The number of rotatable bonds is 10. The van der Waals surface area contributed by atoms with E-state index in [9.17, 15) is 17.4 Å². The third kappa shape index (κ3) is 17.2. The molecule has 0 radical (unpaired) electrons. The number of unbranched alkanes of at least 4 members (excludes halogenated alkanes) is 7. The summed E-state index contributed by atoms with van der Waals surface area (Å²) in [5.41, 5.74) is 0. The second-order valence-electron chi connectivity index (χ2n) is 3.78. The molecule has 0 atom stereocenters. The van der Waals surface area contributed by atoms with Crippen molar-refractivity contribution in [3.05, 3.63) is 0 Å². The van der Waals surface area contributed by atoms with Crippen molar-refractivity contribution in [2.45, 2.75) is 51.4 Å². The Hall–Kier alpha value is 0.840. The maximum absolute atomic E-state index is 11.7. The molecule has 0 rings (SSSR count). The summed E-state index contributed by atoms with van der Waals surface area (Å²) >= 11 is 0. The Balaban J connectivity index is 0. The third-order valence-electron chi connectivity index (χ3n) is 2.28. The first kappa shape index (κ1) is 19.2. The molecule has 0 aromatic heterocycles. The average Bonchev–Trinajstić information content (AvgIpc) is 2.14. The normalized spacial score (nSPS) is 11.1. The predicted molar refractivity (Wildman–Crippen MR) is 57.5 cm³/mol. The first-order valence-corrected chi connectivity index (χ1v) is 7.13. The Morgan fingerprint density at radius 3 is 1.56 bits per heavy atom. The van der Waals surface area contributed by atoms with Gasteiger partial charge < -0.3 is 4.55 Å². The average molecular weight is 262 g/mol. The molecule has 0 aliphatic carbocycles. The zero-order chi connectivity index (χ0) is 11.6. The summed E-state index contributed by atoms with van der Waals surface area (Å²) < 4.78 is 42.4. The molecule has 0 fully saturated rings. The number of halogens is 1. The van der Waals surface area contributed by atoms with Crippen LogP contribution < -0.4 is 29.6 Å². The van der Waals surface area contributed by atoms with Crippen molar-refractivity contribution >= 4 is 10.1 Å². The Labute approximate surface area is 120 Å². The molecule has 0 aliphatic heterocycles. The van der Waals surface area contributed by atoms with E-state index in [1.807, 2.05) is 0 Å². The van der Waals surface area contributed by atoms with Gasteiger partial charge in [-0.05, 0) is 12.8 Å². The first-order valence-electron chi connectivity index (χ1n) is 5.56. The number of hydrogen-bond acceptors (Lipinski definition) is 3. The molecule has 6 heteroatoms. The van der Waals surface area contributed by atoms with Crippen LogP contribution >= 0.6 is 0 Å². The van der Waals surface area contributed by atoms with Gasteiger partial charge in [0.15, 0.2) is 0 Å². The van der Waals surface area contributed by atoms with Gasteiger partial charge in [-0.1, -0.05) is 38.5 Å². The summed E-state index contributed by atoms with van der Waals surface area (Å²) in [6, 6.07) is 0. The number of hydrogen-bond donors (Lipinski definition) is 0. The van der Waals surface area contributed by atoms with Crippen molar-refractivity contribution in [3.8, 4) is 0 Å². The molecule has 3 nitrogen and oxygen atoms in total. The molecule has 0 aromatic carbocycles. The van der Waals surface area contributed by atoms with Gasteiger partial charge in [0, 0.05) is 5.75 Å². The molecule has 0 heterocycles. The van der Waals surface area contributed by atoms with Gasteiger partial charge in [0.05, 0.1) is 16.8 Å². The Kier molecular flexibility index (Phi) is 14.8. The van der Waals surface area contributed by atoms with Crippen LogP contribution in [-0.4, -0.2) is 25.4 Å². The molecule has 0 aromatic rings. The number of alkyl halides is 1. The zero-order valence-corrected chi connectivity index (χ0v) is 12.9. The maximum Gasteiger partial charge on any atom is 1.00 e. The predicted octanol–water partition coefficient (Wildman–Crippen LogP) is -0.374. The van der Waals surface area contributed by atoms with Gasteiger partial charge in [-0.2, -0.15) is 0 Å². The summed E-state index contributed by atoms with van der Waals surface area (Å²) in [5.74, 6) is -0.241. The van der Waals surface area contributed by atoms with Crippen LogP contribution in [0.2, 0.25) is 0 Å². The van der Waals surface area contributed by atoms with Gasteiger partial charge >= 0.3 is 29.6 Å². The standard InChI is InChI=1S/C10H21FO3S.Na/c11-9-7-5-3-1-2-4-6-8-10-15(12,13)14;/h1-10H2,(H,12,13,14);/q;+1/p-1. The molecule has 0 N–H and O–H groups in total. The van der Waals surface area contributed by atoms with Crippen LogP contribution in [0.15, 0.2) is 0 Å². The minimum atomic E-state index is -4.02. The fourth-order valence-electron chi connectivity index (χ4n) is 1.43. The van der Waals surface area contributed by atoms with Crippen LogP contribution in [-0.2, 0) is 10.1 Å². The van der Waals surface area contributed by atoms with E-state index in [-0.39, 0.29) is 42.0 Å². The van der Waals surface area contributed by atoms with Crippen molar-refractivity contribution in [3.63, 3.8) is 0 Å². The van der Waals surface area contributed by atoms with E-state index in [1.54, 1.807) is 0 Å². The Morgan fingerprint density at radius 2 is 1.19 bits per heavy atom. The van der Waals surface area contributed by atoms with Gasteiger partial charge in [0.1, 0.15) is 0 Å². The summed E-state index contributed by atoms with van der Waals surface area (Å²) in [4.78, 5) is 0. The molecule has 0 amide bonds. The third-order valence-corrected chi connectivity index (χ3v) is 3.07. The van der Waals surface area contributed by atoms with Crippen molar-refractivity contribution < 1.29 is 46.9 Å². The van der Waals surface area contributed by atoms with Gasteiger partial charge in [-0.3, -0.25) is 4.39 Å². The van der Waals surface area contributed by atoms with E-state index in [4.69, 9.17) is 0 Å². The molecule has 0 spiro atoms. The van der Waals surface area contributed by atoms with Crippen LogP contribution in [0.5, 0.6) is 0 Å². The Morgan fingerprint density at radius 1 is 0.812 bits per heavy atom. The van der Waals surface area contributed by atoms with Crippen LogP contribution in [0.4, 0.5) is 4.39 Å². The van der Waals surface area contributed by atoms with Gasteiger partial charge in [-0.15, -0.1) is 0 Å². The quantitative estimate of drug-likeness (QED) is 0.306. The maximum atomic E-state index is 11.7. The molecule has 0 saturated heterocycles.